The number of carbonyl (C=O) groups excluding carboxylic acids is 1. The van der Waals surface area contributed by atoms with Gasteiger partial charge in [-0.2, -0.15) is 9.30 Å². The van der Waals surface area contributed by atoms with Crippen molar-refractivity contribution in [1.29, 1.82) is 0 Å². The maximum absolute atomic E-state index is 13.0. The van der Waals surface area contributed by atoms with Crippen molar-refractivity contribution in [2.75, 3.05) is 40.5 Å². The van der Waals surface area contributed by atoms with Crippen molar-refractivity contribution in [1.82, 2.24) is 8.87 Å². The number of rotatable bonds is 11. The standard InChI is InChI=1S/C23H24N4O7S2/c1-4-11-26-20-10-7-18(27(29)30)16-21(20)35-23(26)24-22(28)17-5-8-19(9-6-17)36(31,32)25(12-14-33-2)13-15-34-3/h1,5-10,16H,11-15H2,2-3H3. The molecule has 11 nitrogen and oxygen atoms in total. The Kier molecular flexibility index (Phi) is 9.08. The molecule has 0 saturated heterocycles. The fourth-order valence-corrected chi connectivity index (χ4v) is 5.78. The predicted octanol–water partition coefficient (Wildman–Crippen LogP) is 2.27. The van der Waals surface area contributed by atoms with Crippen LogP contribution in [-0.4, -0.2) is 68.6 Å². The Labute approximate surface area is 211 Å². The summed E-state index contributed by atoms with van der Waals surface area (Å²) in [5.74, 6) is 1.88. The molecule has 0 radical (unpaired) electrons. The van der Waals surface area contributed by atoms with Crippen LogP contribution in [0.5, 0.6) is 0 Å². The monoisotopic (exact) mass is 532 g/mol. The van der Waals surface area contributed by atoms with Gasteiger partial charge in [-0.25, -0.2) is 8.42 Å². The second-order valence-corrected chi connectivity index (χ2v) is 10.4. The second kappa shape index (κ2) is 12.0. The zero-order valence-corrected chi connectivity index (χ0v) is 21.3. The van der Waals surface area contributed by atoms with Gasteiger partial charge in [0.05, 0.1) is 39.8 Å². The molecule has 0 saturated carbocycles. The van der Waals surface area contributed by atoms with Crippen LogP contribution >= 0.6 is 11.3 Å². The zero-order valence-electron chi connectivity index (χ0n) is 19.6. The highest BCUT2D eigenvalue weighted by Crippen LogP contribution is 2.23. The number of hydrogen-bond donors (Lipinski definition) is 0. The van der Waals surface area contributed by atoms with Gasteiger partial charge in [-0.3, -0.25) is 14.9 Å². The van der Waals surface area contributed by atoms with Gasteiger partial charge in [-0.1, -0.05) is 17.3 Å². The summed E-state index contributed by atoms with van der Waals surface area (Å²) in [5.41, 5.74) is 0.699. The average Bonchev–Trinajstić information content (AvgIpc) is 3.20. The molecule has 0 aliphatic carbocycles. The van der Waals surface area contributed by atoms with Crippen LogP contribution in [0, 0.1) is 22.5 Å². The first-order valence-corrected chi connectivity index (χ1v) is 12.9. The van der Waals surface area contributed by atoms with Crippen molar-refractivity contribution in [2.24, 2.45) is 4.99 Å². The fraction of sp³-hybridized carbons (Fsp3) is 0.304. The summed E-state index contributed by atoms with van der Waals surface area (Å²) in [5, 5.41) is 11.1. The van der Waals surface area contributed by atoms with E-state index in [9.17, 15) is 23.3 Å². The molecular weight excluding hydrogens is 508 g/mol. The first-order chi connectivity index (χ1) is 17.2. The number of amides is 1. The number of nitro benzene ring substituents is 1. The Morgan fingerprint density at radius 3 is 2.36 bits per heavy atom. The number of sulfonamides is 1. The lowest BCUT2D eigenvalue weighted by Gasteiger charge is -2.21. The van der Waals surface area contributed by atoms with Gasteiger partial charge in [0, 0.05) is 45.0 Å². The minimum atomic E-state index is -3.84. The fourth-order valence-electron chi connectivity index (χ4n) is 3.31. The van der Waals surface area contributed by atoms with Crippen LogP contribution in [0.3, 0.4) is 0 Å². The van der Waals surface area contributed by atoms with E-state index >= 15 is 0 Å². The van der Waals surface area contributed by atoms with Gasteiger partial charge in [-0.15, -0.1) is 6.42 Å². The zero-order chi connectivity index (χ0) is 26.3. The molecule has 1 amide bonds. The highest BCUT2D eigenvalue weighted by Gasteiger charge is 2.24. The van der Waals surface area contributed by atoms with Gasteiger partial charge in [0.1, 0.15) is 0 Å². The molecule has 0 atom stereocenters. The topological polar surface area (TPSA) is 133 Å². The van der Waals surface area contributed by atoms with Crippen molar-refractivity contribution >= 4 is 43.2 Å². The number of aromatic nitrogens is 1. The third-order valence-corrected chi connectivity index (χ3v) is 8.11. The molecule has 0 fully saturated rings. The largest absolute Gasteiger partial charge is 0.383 e. The van der Waals surface area contributed by atoms with Gasteiger partial charge in [0.25, 0.3) is 11.6 Å². The van der Waals surface area contributed by atoms with Crippen LogP contribution in [-0.2, 0) is 26.0 Å². The molecule has 0 spiro atoms. The van der Waals surface area contributed by atoms with Crippen molar-refractivity contribution in [3.8, 4) is 12.3 Å². The van der Waals surface area contributed by atoms with Gasteiger partial charge in [0.15, 0.2) is 4.80 Å². The van der Waals surface area contributed by atoms with Gasteiger partial charge < -0.3 is 14.0 Å². The molecule has 3 rings (SSSR count). The summed E-state index contributed by atoms with van der Waals surface area (Å²) in [6.45, 7) is 0.845. The van der Waals surface area contributed by atoms with E-state index in [1.165, 1.54) is 54.9 Å². The molecule has 0 unspecified atom stereocenters. The first kappa shape index (κ1) is 27.2. The molecule has 0 N–H and O–H groups in total. The maximum atomic E-state index is 13.0. The van der Waals surface area contributed by atoms with Crippen LogP contribution in [0.4, 0.5) is 5.69 Å². The van der Waals surface area contributed by atoms with Crippen LogP contribution in [0.1, 0.15) is 10.4 Å². The highest BCUT2D eigenvalue weighted by molar-refractivity contribution is 7.89. The minimum Gasteiger partial charge on any atom is -0.383 e. The molecule has 2 aromatic carbocycles. The number of hydrogen-bond acceptors (Lipinski definition) is 8. The number of terminal acetylenes is 1. The lowest BCUT2D eigenvalue weighted by molar-refractivity contribution is -0.384. The van der Waals surface area contributed by atoms with Crippen LogP contribution < -0.4 is 4.80 Å². The smallest absolute Gasteiger partial charge is 0.279 e. The normalized spacial score (nSPS) is 12.2. The molecule has 13 heteroatoms. The van der Waals surface area contributed by atoms with Crippen molar-refractivity contribution in [3.63, 3.8) is 0 Å². The number of thiazole rings is 1. The molecule has 0 aliphatic heterocycles. The Morgan fingerprint density at radius 1 is 1.17 bits per heavy atom. The van der Waals surface area contributed by atoms with Crippen molar-refractivity contribution in [2.45, 2.75) is 11.4 Å². The van der Waals surface area contributed by atoms with Gasteiger partial charge in [0.2, 0.25) is 10.0 Å². The van der Waals surface area contributed by atoms with Crippen molar-refractivity contribution in [3.05, 3.63) is 62.9 Å². The summed E-state index contributed by atoms with van der Waals surface area (Å²) >= 11 is 1.09. The van der Waals surface area contributed by atoms with E-state index in [-0.39, 0.29) is 53.8 Å². The van der Waals surface area contributed by atoms with E-state index in [0.29, 0.717) is 10.2 Å². The number of nitro groups is 1. The molecule has 3 aromatic rings. The maximum Gasteiger partial charge on any atom is 0.279 e. The molecule has 0 aliphatic rings. The third kappa shape index (κ3) is 6.04. The molecular formula is C23H24N4O7S2. The summed E-state index contributed by atoms with van der Waals surface area (Å²) in [7, 11) is -0.873. The lowest BCUT2D eigenvalue weighted by atomic mass is 10.2. The Bertz CT molecular complexity index is 1460. The van der Waals surface area contributed by atoms with Crippen LogP contribution in [0.2, 0.25) is 0 Å². The molecule has 36 heavy (non-hydrogen) atoms. The lowest BCUT2D eigenvalue weighted by Crippen LogP contribution is -2.36. The number of non-ortho nitro benzene ring substituents is 1. The van der Waals surface area contributed by atoms with Gasteiger partial charge in [-0.05, 0) is 30.3 Å². The van der Waals surface area contributed by atoms with Crippen LogP contribution in [0.25, 0.3) is 10.2 Å². The number of ether oxygens (including phenoxy) is 2. The Morgan fingerprint density at radius 2 is 1.81 bits per heavy atom. The van der Waals surface area contributed by atoms with Crippen molar-refractivity contribution < 1.29 is 27.6 Å². The summed E-state index contributed by atoms with van der Waals surface area (Å²) in [6.07, 6.45) is 5.46. The quantitative estimate of drug-likeness (QED) is 0.210. The van der Waals surface area contributed by atoms with E-state index in [2.05, 4.69) is 10.9 Å². The van der Waals surface area contributed by atoms with E-state index in [0.717, 1.165) is 11.3 Å². The number of carbonyl (C=O) groups is 1. The Balaban J connectivity index is 1.94. The third-order valence-electron chi connectivity index (χ3n) is 5.15. The molecule has 0 bridgehead atoms. The second-order valence-electron chi connectivity index (χ2n) is 7.42. The van der Waals surface area contributed by atoms with E-state index in [1.54, 1.807) is 10.6 Å². The highest BCUT2D eigenvalue weighted by atomic mass is 32.2. The van der Waals surface area contributed by atoms with E-state index in [4.69, 9.17) is 15.9 Å². The number of methoxy groups -OCH3 is 2. The average molecular weight is 533 g/mol. The summed E-state index contributed by atoms with van der Waals surface area (Å²) in [6, 6.07) is 9.76. The SMILES string of the molecule is C#CCn1c(=NC(=O)c2ccc(S(=O)(=O)N(CCOC)CCOC)cc2)sc2cc([N+](=O)[O-])ccc21. The number of benzene rings is 2. The summed E-state index contributed by atoms with van der Waals surface area (Å²) < 4.78 is 39.5. The van der Waals surface area contributed by atoms with Gasteiger partial charge >= 0.3 is 0 Å². The number of nitrogens with zero attached hydrogens (tertiary/aromatic N) is 4. The first-order valence-electron chi connectivity index (χ1n) is 10.6. The minimum absolute atomic E-state index is 0.0165. The van der Waals surface area contributed by atoms with E-state index in [1.807, 2.05) is 0 Å². The molecule has 1 heterocycles. The predicted molar refractivity (Wildman–Crippen MR) is 134 cm³/mol. The molecule has 1 aromatic heterocycles. The Hall–Kier alpha value is -3.41. The summed E-state index contributed by atoms with van der Waals surface area (Å²) in [4.78, 5) is 27.9. The molecule has 190 valence electrons. The van der Waals surface area contributed by atoms with E-state index < -0.39 is 20.9 Å². The van der Waals surface area contributed by atoms with Crippen LogP contribution in [0.15, 0.2) is 52.4 Å². The number of fused-ring (bicyclic) bond motifs is 1.